The van der Waals surface area contributed by atoms with Crippen molar-refractivity contribution in [3.05, 3.63) is 29.6 Å². The molecule has 3 heteroatoms. The Hall–Kier alpha value is -1.35. The smallest absolute Gasteiger partial charge is 0.0907 e. The third kappa shape index (κ3) is 1.93. The lowest BCUT2D eigenvalue weighted by atomic mass is 10.2. The van der Waals surface area contributed by atoms with Crippen molar-refractivity contribution in [3.63, 3.8) is 0 Å². The number of hydrogen-bond donors (Lipinski definition) is 0. The summed E-state index contributed by atoms with van der Waals surface area (Å²) in [7, 11) is 3.93. The first kappa shape index (κ1) is 9.21. The van der Waals surface area contributed by atoms with E-state index in [0.29, 0.717) is 0 Å². The summed E-state index contributed by atoms with van der Waals surface area (Å²) in [5.41, 5.74) is 1.01. The van der Waals surface area contributed by atoms with Gasteiger partial charge < -0.3 is 4.90 Å². The van der Waals surface area contributed by atoms with E-state index in [1.807, 2.05) is 31.4 Å². The summed E-state index contributed by atoms with van der Waals surface area (Å²) >= 11 is 1.75. The van der Waals surface area contributed by atoms with E-state index >= 15 is 0 Å². The molecule has 0 fully saturated rings. The highest BCUT2D eigenvalue weighted by molar-refractivity contribution is 7.17. The van der Waals surface area contributed by atoms with E-state index in [-0.39, 0.29) is 0 Å². The Labute approximate surface area is 87.5 Å². The lowest BCUT2D eigenvalue weighted by Gasteiger charge is -2.01. The van der Waals surface area contributed by atoms with E-state index in [1.165, 1.54) is 10.1 Å². The fourth-order valence-corrected chi connectivity index (χ4v) is 2.03. The molecule has 0 amide bonds. The first-order valence-electron chi connectivity index (χ1n) is 4.43. The highest BCUT2D eigenvalue weighted by atomic mass is 32.1. The molecule has 2 aromatic rings. The molecule has 0 N–H and O–H groups in total. The van der Waals surface area contributed by atoms with Crippen molar-refractivity contribution in [3.8, 4) is 0 Å². The maximum Gasteiger partial charge on any atom is 0.0907 e. The molecule has 2 nitrogen and oxygen atoms in total. The van der Waals surface area contributed by atoms with Gasteiger partial charge in [-0.3, -0.25) is 0 Å². The van der Waals surface area contributed by atoms with Crippen LogP contribution in [0.2, 0.25) is 0 Å². The monoisotopic (exact) mass is 204 g/mol. The molecule has 1 aromatic carbocycles. The Morgan fingerprint density at radius 3 is 2.93 bits per heavy atom. The van der Waals surface area contributed by atoms with Crippen LogP contribution in [0.5, 0.6) is 0 Å². The lowest BCUT2D eigenvalue weighted by molar-refractivity contribution is 0.643. The van der Waals surface area contributed by atoms with Crippen LogP contribution in [0.4, 0.5) is 5.69 Å². The second-order valence-corrected chi connectivity index (χ2v) is 4.30. The molecule has 1 aromatic heterocycles. The zero-order valence-corrected chi connectivity index (χ0v) is 9.08. The maximum atomic E-state index is 4.34. The molecule has 0 saturated carbocycles. The summed E-state index contributed by atoms with van der Waals surface area (Å²) in [6.07, 6.45) is 1.81. The Kier molecular flexibility index (Phi) is 2.50. The normalized spacial score (nSPS) is 11.3. The molecule has 0 aliphatic rings. The van der Waals surface area contributed by atoms with Crippen molar-refractivity contribution in [2.24, 2.45) is 4.99 Å². The summed E-state index contributed by atoms with van der Waals surface area (Å²) in [5.74, 6) is 0. The zero-order chi connectivity index (χ0) is 9.97. The number of fused-ring (bicyclic) bond motifs is 1. The van der Waals surface area contributed by atoms with Gasteiger partial charge in [-0.05, 0) is 29.0 Å². The molecule has 14 heavy (non-hydrogen) atoms. The SMILES string of the molecule is CN(C)C=Nc1ccc2ccsc2c1. The zero-order valence-electron chi connectivity index (χ0n) is 8.27. The molecule has 0 atom stereocenters. The Balaban J connectivity index is 2.34. The quantitative estimate of drug-likeness (QED) is 0.542. The van der Waals surface area contributed by atoms with Crippen molar-refractivity contribution >= 4 is 33.4 Å². The van der Waals surface area contributed by atoms with Crippen LogP contribution in [0, 0.1) is 0 Å². The standard InChI is InChI=1S/C11H12N2S/c1-13(2)8-12-10-4-3-9-5-6-14-11(9)7-10/h3-8H,1-2H3. The molecule has 0 saturated heterocycles. The highest BCUT2D eigenvalue weighted by Crippen LogP contribution is 2.25. The van der Waals surface area contributed by atoms with Gasteiger partial charge in [0.25, 0.3) is 0 Å². The third-order valence-corrected chi connectivity index (χ3v) is 2.76. The predicted molar refractivity (Wildman–Crippen MR) is 63.7 cm³/mol. The second-order valence-electron chi connectivity index (χ2n) is 3.35. The van der Waals surface area contributed by atoms with Crippen molar-refractivity contribution in [2.45, 2.75) is 0 Å². The fraction of sp³-hybridized carbons (Fsp3) is 0.182. The minimum absolute atomic E-state index is 1.01. The summed E-state index contributed by atoms with van der Waals surface area (Å²) in [6.45, 7) is 0. The minimum atomic E-state index is 1.01. The maximum absolute atomic E-state index is 4.34. The molecule has 1 heterocycles. The molecule has 0 aliphatic carbocycles. The number of thiophene rings is 1. The molecule has 0 spiro atoms. The summed E-state index contributed by atoms with van der Waals surface area (Å²) in [5, 5.41) is 3.39. The molecule has 72 valence electrons. The van der Waals surface area contributed by atoms with E-state index in [4.69, 9.17) is 0 Å². The molecule has 0 aliphatic heterocycles. The van der Waals surface area contributed by atoms with Gasteiger partial charge >= 0.3 is 0 Å². The van der Waals surface area contributed by atoms with Crippen molar-refractivity contribution in [1.29, 1.82) is 0 Å². The van der Waals surface area contributed by atoms with Gasteiger partial charge in [0.1, 0.15) is 0 Å². The molecule has 0 bridgehead atoms. The second kappa shape index (κ2) is 3.80. The summed E-state index contributed by atoms with van der Waals surface area (Å²) in [6, 6.07) is 8.38. The van der Waals surface area contributed by atoms with Crippen LogP contribution in [0.25, 0.3) is 10.1 Å². The largest absolute Gasteiger partial charge is 0.369 e. The predicted octanol–water partition coefficient (Wildman–Crippen LogP) is 3.12. The molecule has 2 rings (SSSR count). The first-order valence-corrected chi connectivity index (χ1v) is 5.31. The minimum Gasteiger partial charge on any atom is -0.369 e. The number of benzene rings is 1. The van der Waals surface area contributed by atoms with Gasteiger partial charge in [0.2, 0.25) is 0 Å². The van der Waals surface area contributed by atoms with Gasteiger partial charge in [0, 0.05) is 18.8 Å². The number of aliphatic imine (C=N–C) groups is 1. The van der Waals surface area contributed by atoms with Crippen LogP contribution in [0.1, 0.15) is 0 Å². The van der Waals surface area contributed by atoms with E-state index in [2.05, 4.69) is 28.6 Å². The van der Waals surface area contributed by atoms with Crippen LogP contribution in [0.15, 0.2) is 34.6 Å². The summed E-state index contributed by atoms with van der Waals surface area (Å²) in [4.78, 5) is 6.27. The van der Waals surface area contributed by atoms with Gasteiger partial charge in [-0.1, -0.05) is 6.07 Å². The van der Waals surface area contributed by atoms with Gasteiger partial charge in [-0.25, -0.2) is 4.99 Å². The Bertz CT molecular complexity index is 457. The van der Waals surface area contributed by atoms with Crippen LogP contribution in [-0.2, 0) is 0 Å². The van der Waals surface area contributed by atoms with Crippen molar-refractivity contribution in [2.75, 3.05) is 14.1 Å². The average Bonchev–Trinajstić information content (AvgIpc) is 2.61. The van der Waals surface area contributed by atoms with Crippen LogP contribution in [-0.4, -0.2) is 25.3 Å². The average molecular weight is 204 g/mol. The molecule has 0 radical (unpaired) electrons. The molecular formula is C11H12N2S. The lowest BCUT2D eigenvalue weighted by Crippen LogP contribution is -2.06. The van der Waals surface area contributed by atoms with Gasteiger partial charge in [-0.2, -0.15) is 0 Å². The van der Waals surface area contributed by atoms with Gasteiger partial charge in [-0.15, -0.1) is 11.3 Å². The van der Waals surface area contributed by atoms with Crippen molar-refractivity contribution in [1.82, 2.24) is 4.90 Å². The van der Waals surface area contributed by atoms with E-state index in [0.717, 1.165) is 5.69 Å². The Morgan fingerprint density at radius 2 is 2.14 bits per heavy atom. The topological polar surface area (TPSA) is 15.6 Å². The third-order valence-electron chi connectivity index (χ3n) is 1.88. The van der Waals surface area contributed by atoms with Crippen molar-refractivity contribution < 1.29 is 0 Å². The highest BCUT2D eigenvalue weighted by Gasteiger charge is 1.95. The first-order chi connectivity index (χ1) is 6.75. The number of nitrogens with zero attached hydrogens (tertiary/aromatic N) is 2. The number of rotatable bonds is 2. The fourth-order valence-electron chi connectivity index (χ4n) is 1.21. The van der Waals surface area contributed by atoms with E-state index < -0.39 is 0 Å². The van der Waals surface area contributed by atoms with Crippen LogP contribution >= 0.6 is 11.3 Å². The van der Waals surface area contributed by atoms with Crippen LogP contribution in [0.3, 0.4) is 0 Å². The molecular weight excluding hydrogens is 192 g/mol. The number of hydrogen-bond acceptors (Lipinski definition) is 2. The van der Waals surface area contributed by atoms with Crippen LogP contribution < -0.4 is 0 Å². The molecule has 0 unspecified atom stereocenters. The summed E-state index contributed by atoms with van der Waals surface area (Å²) < 4.78 is 1.29. The van der Waals surface area contributed by atoms with E-state index in [1.54, 1.807) is 11.3 Å². The van der Waals surface area contributed by atoms with E-state index in [9.17, 15) is 0 Å². The Morgan fingerprint density at radius 1 is 1.29 bits per heavy atom. The van der Waals surface area contributed by atoms with Gasteiger partial charge in [0.05, 0.1) is 12.0 Å². The van der Waals surface area contributed by atoms with Gasteiger partial charge in [0.15, 0.2) is 0 Å².